The van der Waals surface area contributed by atoms with Crippen LogP contribution in [0, 0.1) is 6.92 Å². The summed E-state index contributed by atoms with van der Waals surface area (Å²) in [5.41, 5.74) is 0.0425. The van der Waals surface area contributed by atoms with E-state index in [0.717, 1.165) is 0 Å². The van der Waals surface area contributed by atoms with Crippen LogP contribution in [0.25, 0.3) is 0 Å². The van der Waals surface area contributed by atoms with E-state index in [1.165, 1.54) is 0 Å². The van der Waals surface area contributed by atoms with Crippen LogP contribution in [0.3, 0.4) is 0 Å². The Labute approximate surface area is 112 Å². The zero-order chi connectivity index (χ0) is 14.1. The molecule has 0 saturated carbocycles. The SMILES string of the molecule is Cc1[nH]nc(CO)c1S(=O)(=O)NC1(C)CCOCC1. The number of hydrogen-bond acceptors (Lipinski definition) is 5. The number of nitrogens with one attached hydrogen (secondary N) is 2. The molecule has 0 aromatic carbocycles. The largest absolute Gasteiger partial charge is 0.390 e. The van der Waals surface area contributed by atoms with Crippen molar-refractivity contribution in [3.05, 3.63) is 11.4 Å². The molecule has 1 fully saturated rings. The van der Waals surface area contributed by atoms with E-state index in [9.17, 15) is 13.5 Å². The molecule has 0 bridgehead atoms. The van der Waals surface area contributed by atoms with Crippen molar-refractivity contribution in [1.82, 2.24) is 14.9 Å². The Kier molecular flexibility index (Phi) is 3.95. The van der Waals surface area contributed by atoms with E-state index >= 15 is 0 Å². The predicted octanol–water partition coefficient (Wildman–Crippen LogP) is 0.0578. The second-order valence-corrected chi connectivity index (χ2v) is 6.68. The molecule has 8 heteroatoms. The molecule has 1 aromatic rings. The van der Waals surface area contributed by atoms with E-state index in [-0.39, 0.29) is 10.6 Å². The van der Waals surface area contributed by atoms with Gasteiger partial charge in [0.2, 0.25) is 10.0 Å². The van der Waals surface area contributed by atoms with Gasteiger partial charge in [-0.25, -0.2) is 13.1 Å². The third-order valence-electron chi connectivity index (χ3n) is 3.36. The standard InChI is InChI=1S/C11H19N3O4S/c1-8-10(9(7-15)13-12-8)19(16,17)14-11(2)3-5-18-6-4-11/h14-15H,3-7H2,1-2H3,(H,12,13). The van der Waals surface area contributed by atoms with Gasteiger partial charge in [-0.3, -0.25) is 5.10 Å². The molecule has 0 aliphatic carbocycles. The first-order chi connectivity index (χ1) is 8.88. The van der Waals surface area contributed by atoms with Gasteiger partial charge in [0.15, 0.2) is 0 Å². The fourth-order valence-electron chi connectivity index (χ4n) is 2.23. The topological polar surface area (TPSA) is 104 Å². The summed E-state index contributed by atoms with van der Waals surface area (Å²) in [5, 5.41) is 15.6. The summed E-state index contributed by atoms with van der Waals surface area (Å²) in [4.78, 5) is 0.0442. The quantitative estimate of drug-likeness (QED) is 0.727. The van der Waals surface area contributed by atoms with Gasteiger partial charge in [0.05, 0.1) is 12.3 Å². The molecule has 1 aliphatic rings. The molecule has 108 valence electrons. The van der Waals surface area contributed by atoms with Gasteiger partial charge in [-0.2, -0.15) is 5.10 Å². The molecule has 0 radical (unpaired) electrons. The Morgan fingerprint density at radius 2 is 2.11 bits per heavy atom. The summed E-state index contributed by atoms with van der Waals surface area (Å²) in [6.45, 7) is 4.14. The van der Waals surface area contributed by atoms with Crippen LogP contribution in [0.1, 0.15) is 31.2 Å². The van der Waals surface area contributed by atoms with E-state index in [1.54, 1.807) is 6.92 Å². The Morgan fingerprint density at radius 1 is 1.47 bits per heavy atom. The molecule has 7 nitrogen and oxygen atoms in total. The molecule has 0 amide bonds. The zero-order valence-electron chi connectivity index (χ0n) is 11.1. The van der Waals surface area contributed by atoms with Crippen molar-refractivity contribution in [2.75, 3.05) is 13.2 Å². The average molecular weight is 289 g/mol. The zero-order valence-corrected chi connectivity index (χ0v) is 11.9. The molecule has 1 saturated heterocycles. The number of aromatic nitrogens is 2. The smallest absolute Gasteiger partial charge is 0.244 e. The third-order valence-corrected chi connectivity index (χ3v) is 5.20. The molecular weight excluding hydrogens is 270 g/mol. The van der Waals surface area contributed by atoms with Gasteiger partial charge in [0, 0.05) is 18.8 Å². The van der Waals surface area contributed by atoms with Crippen molar-refractivity contribution >= 4 is 10.0 Å². The maximum Gasteiger partial charge on any atom is 0.244 e. The Hall–Kier alpha value is -0.960. The highest BCUT2D eigenvalue weighted by Gasteiger charge is 2.35. The normalized spacial score (nSPS) is 19.5. The molecule has 0 unspecified atom stereocenters. The number of H-pyrrole nitrogens is 1. The van der Waals surface area contributed by atoms with Gasteiger partial charge in [-0.05, 0) is 26.7 Å². The number of aliphatic hydroxyl groups is 1. The summed E-state index contributed by atoms with van der Waals surface area (Å²) in [7, 11) is -3.71. The van der Waals surface area contributed by atoms with E-state index in [2.05, 4.69) is 14.9 Å². The number of ether oxygens (including phenoxy) is 1. The van der Waals surface area contributed by atoms with Gasteiger partial charge in [0.25, 0.3) is 0 Å². The highest BCUT2D eigenvalue weighted by Crippen LogP contribution is 2.25. The lowest BCUT2D eigenvalue weighted by atomic mass is 9.94. The van der Waals surface area contributed by atoms with Gasteiger partial charge < -0.3 is 9.84 Å². The second kappa shape index (κ2) is 5.20. The Bertz CT molecular complexity index is 546. The number of aromatic amines is 1. The number of sulfonamides is 1. The van der Waals surface area contributed by atoms with Crippen LogP contribution in [-0.2, 0) is 21.4 Å². The monoisotopic (exact) mass is 289 g/mol. The Morgan fingerprint density at radius 3 is 2.68 bits per heavy atom. The van der Waals surface area contributed by atoms with Gasteiger partial charge in [0.1, 0.15) is 10.6 Å². The van der Waals surface area contributed by atoms with E-state index in [1.807, 2.05) is 6.92 Å². The molecule has 2 heterocycles. The van der Waals surface area contributed by atoms with Crippen molar-refractivity contribution in [3.63, 3.8) is 0 Å². The van der Waals surface area contributed by atoms with Crippen LogP contribution in [0.2, 0.25) is 0 Å². The Balaban J connectivity index is 2.29. The van der Waals surface area contributed by atoms with E-state index in [4.69, 9.17) is 4.74 Å². The van der Waals surface area contributed by atoms with Gasteiger partial charge >= 0.3 is 0 Å². The minimum atomic E-state index is -3.71. The summed E-state index contributed by atoms with van der Waals surface area (Å²) in [6, 6.07) is 0. The first-order valence-corrected chi connectivity index (χ1v) is 7.63. The second-order valence-electron chi connectivity index (χ2n) is 5.06. The number of aliphatic hydroxyl groups excluding tert-OH is 1. The third kappa shape index (κ3) is 2.97. The summed E-state index contributed by atoms with van der Waals surface area (Å²) in [6.07, 6.45) is 1.25. The van der Waals surface area contributed by atoms with Crippen molar-refractivity contribution in [2.45, 2.75) is 43.7 Å². The predicted molar refractivity (Wildman–Crippen MR) is 68.0 cm³/mol. The lowest BCUT2D eigenvalue weighted by Gasteiger charge is -2.34. The lowest BCUT2D eigenvalue weighted by Crippen LogP contribution is -2.49. The van der Waals surface area contributed by atoms with Gasteiger partial charge in [-0.15, -0.1) is 0 Å². The maximum atomic E-state index is 12.4. The molecule has 19 heavy (non-hydrogen) atoms. The minimum Gasteiger partial charge on any atom is -0.390 e. The van der Waals surface area contributed by atoms with Crippen LogP contribution in [0.5, 0.6) is 0 Å². The van der Waals surface area contributed by atoms with Crippen LogP contribution in [0.15, 0.2) is 4.90 Å². The van der Waals surface area contributed by atoms with Gasteiger partial charge in [-0.1, -0.05) is 0 Å². The van der Waals surface area contributed by atoms with Crippen molar-refractivity contribution < 1.29 is 18.3 Å². The molecule has 0 atom stereocenters. The number of nitrogens with zero attached hydrogens (tertiary/aromatic N) is 1. The van der Waals surface area contributed by atoms with E-state index in [0.29, 0.717) is 31.7 Å². The molecule has 1 aromatic heterocycles. The first-order valence-electron chi connectivity index (χ1n) is 6.14. The highest BCUT2D eigenvalue weighted by atomic mass is 32.2. The summed E-state index contributed by atoms with van der Waals surface area (Å²) >= 11 is 0. The van der Waals surface area contributed by atoms with E-state index < -0.39 is 22.2 Å². The van der Waals surface area contributed by atoms with Crippen molar-refractivity contribution in [1.29, 1.82) is 0 Å². The first kappa shape index (κ1) is 14.4. The lowest BCUT2D eigenvalue weighted by molar-refractivity contribution is 0.0537. The highest BCUT2D eigenvalue weighted by molar-refractivity contribution is 7.89. The van der Waals surface area contributed by atoms with Crippen molar-refractivity contribution in [2.24, 2.45) is 0 Å². The fourth-order valence-corrected chi connectivity index (χ4v) is 4.06. The molecule has 3 N–H and O–H groups in total. The number of hydrogen-bond donors (Lipinski definition) is 3. The fraction of sp³-hybridized carbons (Fsp3) is 0.727. The number of rotatable bonds is 4. The summed E-state index contributed by atoms with van der Waals surface area (Å²) < 4.78 is 32.8. The van der Waals surface area contributed by atoms with Crippen LogP contribution in [-0.4, -0.2) is 42.5 Å². The number of aryl methyl sites for hydroxylation is 1. The molecule has 1 aliphatic heterocycles. The van der Waals surface area contributed by atoms with Crippen LogP contribution in [0.4, 0.5) is 0 Å². The van der Waals surface area contributed by atoms with Crippen molar-refractivity contribution in [3.8, 4) is 0 Å². The molecular formula is C11H19N3O4S. The average Bonchev–Trinajstić information content (AvgIpc) is 2.70. The van der Waals surface area contributed by atoms with Crippen LogP contribution < -0.4 is 4.72 Å². The summed E-state index contributed by atoms with van der Waals surface area (Å²) in [5.74, 6) is 0. The molecule has 2 rings (SSSR count). The minimum absolute atomic E-state index is 0.0442. The maximum absolute atomic E-state index is 12.4. The van der Waals surface area contributed by atoms with Crippen LogP contribution >= 0.6 is 0 Å². The molecule has 0 spiro atoms.